The van der Waals surface area contributed by atoms with Crippen LogP contribution in [0, 0.1) is 13.8 Å². The standard InChI is InChI=1S/C15H17N5S/c1-10-5-6-12(9-13(10)19-7-3-4-8-19)14-18-20-11(2)16-17-15(20)21-14/h5-6,9H,3-4,7-8H2,1-2H3. The van der Waals surface area contributed by atoms with Crippen LogP contribution in [0.15, 0.2) is 18.2 Å². The number of rotatable bonds is 2. The number of aromatic nitrogens is 4. The van der Waals surface area contributed by atoms with Gasteiger partial charge in [0.2, 0.25) is 4.96 Å². The third-order valence-corrected chi connectivity index (χ3v) is 5.00. The SMILES string of the molecule is Cc1ccc(-c2nn3c(C)nnc3s2)cc1N1CCCC1. The van der Waals surface area contributed by atoms with Gasteiger partial charge in [0, 0.05) is 24.3 Å². The molecule has 21 heavy (non-hydrogen) atoms. The van der Waals surface area contributed by atoms with Crippen molar-refractivity contribution >= 4 is 22.0 Å². The second kappa shape index (κ2) is 4.80. The molecular weight excluding hydrogens is 282 g/mol. The molecule has 0 aliphatic carbocycles. The highest BCUT2D eigenvalue weighted by Gasteiger charge is 2.16. The molecule has 3 heterocycles. The normalized spacial score (nSPS) is 15.2. The summed E-state index contributed by atoms with van der Waals surface area (Å²) in [4.78, 5) is 3.33. The van der Waals surface area contributed by atoms with Gasteiger partial charge >= 0.3 is 0 Å². The van der Waals surface area contributed by atoms with Crippen LogP contribution in [0.3, 0.4) is 0 Å². The van der Waals surface area contributed by atoms with E-state index in [9.17, 15) is 0 Å². The molecule has 6 heteroatoms. The van der Waals surface area contributed by atoms with Gasteiger partial charge in [-0.2, -0.15) is 9.61 Å². The Hall–Kier alpha value is -1.95. The lowest BCUT2D eigenvalue weighted by molar-refractivity contribution is 0.897. The minimum atomic E-state index is 0.833. The Bertz CT molecular complexity index is 798. The molecule has 0 unspecified atom stereocenters. The summed E-state index contributed by atoms with van der Waals surface area (Å²) in [6.45, 7) is 6.43. The number of fused-ring (bicyclic) bond motifs is 1. The van der Waals surface area contributed by atoms with Gasteiger partial charge in [0.05, 0.1) is 0 Å². The Morgan fingerprint density at radius 2 is 1.90 bits per heavy atom. The van der Waals surface area contributed by atoms with Crippen molar-refractivity contribution in [3.63, 3.8) is 0 Å². The molecule has 1 saturated heterocycles. The summed E-state index contributed by atoms with van der Waals surface area (Å²) in [6, 6.07) is 6.61. The fourth-order valence-electron chi connectivity index (χ4n) is 2.87. The van der Waals surface area contributed by atoms with Gasteiger partial charge in [-0.05, 0) is 38.3 Å². The second-order valence-electron chi connectivity index (χ2n) is 5.54. The first-order valence-electron chi connectivity index (χ1n) is 7.27. The first-order valence-corrected chi connectivity index (χ1v) is 8.09. The van der Waals surface area contributed by atoms with E-state index >= 15 is 0 Å². The van der Waals surface area contributed by atoms with Crippen molar-refractivity contribution in [2.24, 2.45) is 0 Å². The highest BCUT2D eigenvalue weighted by molar-refractivity contribution is 7.19. The average molecular weight is 299 g/mol. The summed E-state index contributed by atoms with van der Waals surface area (Å²) < 4.78 is 1.81. The van der Waals surface area contributed by atoms with E-state index in [4.69, 9.17) is 0 Å². The van der Waals surface area contributed by atoms with Gasteiger partial charge < -0.3 is 4.90 Å². The van der Waals surface area contributed by atoms with Crippen molar-refractivity contribution in [3.8, 4) is 10.6 Å². The van der Waals surface area contributed by atoms with Crippen molar-refractivity contribution in [3.05, 3.63) is 29.6 Å². The number of aryl methyl sites for hydroxylation is 2. The van der Waals surface area contributed by atoms with Gasteiger partial charge in [-0.25, -0.2) is 0 Å². The lowest BCUT2D eigenvalue weighted by atomic mass is 10.1. The predicted molar refractivity (Wildman–Crippen MR) is 85.0 cm³/mol. The first-order chi connectivity index (χ1) is 10.2. The molecule has 108 valence electrons. The molecule has 0 bridgehead atoms. The Balaban J connectivity index is 1.78. The molecule has 5 nitrogen and oxygen atoms in total. The number of benzene rings is 1. The maximum Gasteiger partial charge on any atom is 0.234 e. The maximum absolute atomic E-state index is 4.63. The molecule has 1 aliphatic heterocycles. The fraction of sp³-hybridized carbons (Fsp3) is 0.400. The van der Waals surface area contributed by atoms with Crippen LogP contribution in [-0.4, -0.2) is 32.9 Å². The van der Waals surface area contributed by atoms with Gasteiger partial charge in [-0.1, -0.05) is 23.5 Å². The molecule has 0 amide bonds. The van der Waals surface area contributed by atoms with E-state index in [0.717, 1.165) is 34.4 Å². The van der Waals surface area contributed by atoms with Gasteiger partial charge in [-0.15, -0.1) is 10.2 Å². The third-order valence-electron chi connectivity index (χ3n) is 4.05. The lowest BCUT2D eigenvalue weighted by Gasteiger charge is -2.20. The molecule has 3 aromatic rings. The zero-order valence-electron chi connectivity index (χ0n) is 12.2. The summed E-state index contributed by atoms with van der Waals surface area (Å²) in [7, 11) is 0. The van der Waals surface area contributed by atoms with Crippen molar-refractivity contribution < 1.29 is 0 Å². The third kappa shape index (κ3) is 2.10. The van der Waals surface area contributed by atoms with Crippen LogP contribution in [0.2, 0.25) is 0 Å². The highest BCUT2D eigenvalue weighted by atomic mass is 32.1. The average Bonchev–Trinajstić information content (AvgIpc) is 3.19. The number of anilines is 1. The number of hydrogen-bond donors (Lipinski definition) is 0. The number of hydrogen-bond acceptors (Lipinski definition) is 5. The smallest absolute Gasteiger partial charge is 0.234 e. The minimum absolute atomic E-state index is 0.833. The van der Waals surface area contributed by atoms with Crippen molar-refractivity contribution in [2.45, 2.75) is 26.7 Å². The zero-order valence-corrected chi connectivity index (χ0v) is 13.0. The molecular formula is C15H17N5S. The molecule has 0 radical (unpaired) electrons. The molecule has 1 aliphatic rings. The predicted octanol–water partition coefficient (Wildman–Crippen LogP) is 3.07. The second-order valence-corrected chi connectivity index (χ2v) is 6.50. The Labute approximate surface area is 127 Å². The van der Waals surface area contributed by atoms with E-state index in [0.29, 0.717) is 0 Å². The van der Waals surface area contributed by atoms with E-state index in [2.05, 4.69) is 45.3 Å². The largest absolute Gasteiger partial charge is 0.371 e. The Morgan fingerprint density at radius 1 is 1.10 bits per heavy atom. The van der Waals surface area contributed by atoms with Gasteiger partial charge in [0.1, 0.15) is 5.01 Å². The molecule has 4 rings (SSSR count). The molecule has 1 aromatic carbocycles. The summed E-state index contributed by atoms with van der Waals surface area (Å²) in [5.41, 5.74) is 3.84. The van der Waals surface area contributed by atoms with Crippen LogP contribution in [0.4, 0.5) is 5.69 Å². The summed E-state index contributed by atoms with van der Waals surface area (Å²) in [5.74, 6) is 0.833. The molecule has 0 saturated carbocycles. The van der Waals surface area contributed by atoms with Crippen LogP contribution in [0.5, 0.6) is 0 Å². The quantitative estimate of drug-likeness (QED) is 0.729. The van der Waals surface area contributed by atoms with Crippen LogP contribution in [0.1, 0.15) is 24.2 Å². The monoisotopic (exact) mass is 299 g/mol. The maximum atomic E-state index is 4.63. The van der Waals surface area contributed by atoms with Crippen LogP contribution in [-0.2, 0) is 0 Å². The molecule has 2 aromatic heterocycles. The molecule has 0 spiro atoms. The van der Waals surface area contributed by atoms with Gasteiger partial charge in [0.25, 0.3) is 0 Å². The van der Waals surface area contributed by atoms with Crippen molar-refractivity contribution in [2.75, 3.05) is 18.0 Å². The first kappa shape index (κ1) is 12.8. The summed E-state index contributed by atoms with van der Waals surface area (Å²) in [5, 5.41) is 13.8. The summed E-state index contributed by atoms with van der Waals surface area (Å²) >= 11 is 1.59. The fourth-order valence-corrected chi connectivity index (χ4v) is 3.75. The van der Waals surface area contributed by atoms with Crippen LogP contribution < -0.4 is 4.90 Å². The van der Waals surface area contributed by atoms with E-state index in [1.807, 2.05) is 11.4 Å². The van der Waals surface area contributed by atoms with Gasteiger partial charge in [-0.3, -0.25) is 0 Å². The number of nitrogens with zero attached hydrogens (tertiary/aromatic N) is 5. The van der Waals surface area contributed by atoms with E-state index in [1.165, 1.54) is 24.1 Å². The van der Waals surface area contributed by atoms with Crippen molar-refractivity contribution in [1.29, 1.82) is 0 Å². The van der Waals surface area contributed by atoms with E-state index < -0.39 is 0 Å². The molecule has 0 atom stereocenters. The Kier molecular flexibility index (Phi) is 2.92. The molecule has 1 fully saturated rings. The van der Waals surface area contributed by atoms with E-state index in [-0.39, 0.29) is 0 Å². The summed E-state index contributed by atoms with van der Waals surface area (Å²) in [6.07, 6.45) is 2.58. The van der Waals surface area contributed by atoms with Crippen LogP contribution in [0.25, 0.3) is 15.5 Å². The lowest BCUT2D eigenvalue weighted by Crippen LogP contribution is -2.18. The van der Waals surface area contributed by atoms with E-state index in [1.54, 1.807) is 11.3 Å². The zero-order chi connectivity index (χ0) is 14.4. The topological polar surface area (TPSA) is 46.3 Å². The Morgan fingerprint density at radius 3 is 2.67 bits per heavy atom. The minimum Gasteiger partial charge on any atom is -0.371 e. The van der Waals surface area contributed by atoms with Crippen LogP contribution >= 0.6 is 11.3 Å². The molecule has 0 N–H and O–H groups in total. The highest BCUT2D eigenvalue weighted by Crippen LogP contribution is 2.32. The van der Waals surface area contributed by atoms with Crippen molar-refractivity contribution in [1.82, 2.24) is 19.8 Å². The van der Waals surface area contributed by atoms with Gasteiger partial charge in [0.15, 0.2) is 5.82 Å².